The maximum absolute atomic E-state index is 12.0. The van der Waals surface area contributed by atoms with Crippen LogP contribution in [0.4, 0.5) is 5.69 Å². The first-order chi connectivity index (χ1) is 8.62. The summed E-state index contributed by atoms with van der Waals surface area (Å²) >= 11 is 12.2. The van der Waals surface area contributed by atoms with Crippen molar-refractivity contribution < 1.29 is 4.79 Å². The van der Waals surface area contributed by atoms with E-state index in [1.807, 2.05) is 27.7 Å². The van der Waals surface area contributed by atoms with E-state index in [0.29, 0.717) is 15.7 Å². The van der Waals surface area contributed by atoms with E-state index in [9.17, 15) is 4.79 Å². The summed E-state index contributed by atoms with van der Waals surface area (Å²) in [5, 5.41) is 3.63. The van der Waals surface area contributed by atoms with Crippen molar-refractivity contribution in [1.82, 2.24) is 0 Å². The van der Waals surface area contributed by atoms with Crippen LogP contribution >= 0.6 is 23.2 Å². The van der Waals surface area contributed by atoms with Crippen LogP contribution in [-0.2, 0) is 4.79 Å². The fraction of sp³-hybridized carbons (Fsp3) is 0.500. The normalized spacial score (nSPS) is 13.2. The van der Waals surface area contributed by atoms with E-state index in [1.165, 1.54) is 0 Å². The van der Waals surface area contributed by atoms with E-state index < -0.39 is 0 Å². The highest BCUT2D eigenvalue weighted by Crippen LogP contribution is 2.33. The highest BCUT2D eigenvalue weighted by molar-refractivity contribution is 6.40. The van der Waals surface area contributed by atoms with E-state index in [4.69, 9.17) is 28.9 Å². The van der Waals surface area contributed by atoms with E-state index in [-0.39, 0.29) is 23.8 Å². The van der Waals surface area contributed by atoms with Gasteiger partial charge in [-0.05, 0) is 24.0 Å². The van der Waals surface area contributed by atoms with E-state index in [0.717, 1.165) is 5.56 Å². The Morgan fingerprint density at radius 3 is 2.47 bits per heavy atom. The van der Waals surface area contributed by atoms with Crippen molar-refractivity contribution in [2.24, 2.45) is 11.1 Å². The number of carbonyl (C=O) groups is 1. The van der Waals surface area contributed by atoms with Gasteiger partial charge in [0.05, 0.1) is 15.7 Å². The van der Waals surface area contributed by atoms with Crippen molar-refractivity contribution >= 4 is 34.8 Å². The van der Waals surface area contributed by atoms with Crippen LogP contribution in [0, 0.1) is 12.3 Å². The Labute approximate surface area is 124 Å². The molecule has 0 aromatic heterocycles. The Bertz CT molecular complexity index is 481. The van der Waals surface area contributed by atoms with Crippen molar-refractivity contribution in [2.75, 3.05) is 5.32 Å². The van der Waals surface area contributed by atoms with Crippen LogP contribution in [0.2, 0.25) is 10.0 Å². The van der Waals surface area contributed by atoms with Gasteiger partial charge >= 0.3 is 0 Å². The summed E-state index contributed by atoms with van der Waals surface area (Å²) in [5.41, 5.74) is 7.17. The smallest absolute Gasteiger partial charge is 0.226 e. The van der Waals surface area contributed by atoms with Crippen LogP contribution in [-0.4, -0.2) is 11.9 Å². The highest BCUT2D eigenvalue weighted by Gasteiger charge is 2.23. The Hall–Kier alpha value is -0.770. The number of benzene rings is 1. The van der Waals surface area contributed by atoms with E-state index >= 15 is 0 Å². The second-order valence-corrected chi connectivity index (χ2v) is 6.56. The van der Waals surface area contributed by atoms with Crippen LogP contribution < -0.4 is 11.1 Å². The number of aryl methyl sites for hydroxylation is 1. The molecule has 19 heavy (non-hydrogen) atoms. The van der Waals surface area contributed by atoms with Gasteiger partial charge in [0.1, 0.15) is 0 Å². The monoisotopic (exact) mass is 302 g/mol. The lowest BCUT2D eigenvalue weighted by Gasteiger charge is -2.26. The summed E-state index contributed by atoms with van der Waals surface area (Å²) in [6.07, 6.45) is 0.226. The SMILES string of the molecule is Cc1ccc(Cl)c(NC(=O)CC(N)C(C)(C)C)c1Cl. The minimum absolute atomic E-state index is 0.127. The predicted octanol–water partition coefficient (Wildman–Crippen LogP) is 4.00. The molecule has 5 heteroatoms. The van der Waals surface area contributed by atoms with Crippen molar-refractivity contribution in [3.8, 4) is 0 Å². The first kappa shape index (κ1) is 16.3. The molecule has 0 saturated heterocycles. The first-order valence-electron chi connectivity index (χ1n) is 6.13. The van der Waals surface area contributed by atoms with Gasteiger partial charge in [-0.3, -0.25) is 4.79 Å². The van der Waals surface area contributed by atoms with Crippen molar-refractivity contribution in [2.45, 2.75) is 40.2 Å². The van der Waals surface area contributed by atoms with Gasteiger partial charge in [-0.15, -0.1) is 0 Å². The summed E-state index contributed by atoms with van der Waals surface area (Å²) < 4.78 is 0. The second-order valence-electron chi connectivity index (χ2n) is 5.78. The number of nitrogens with two attached hydrogens (primary N) is 1. The van der Waals surface area contributed by atoms with Crippen LogP contribution in [0.3, 0.4) is 0 Å². The van der Waals surface area contributed by atoms with Gasteiger partial charge < -0.3 is 11.1 Å². The molecule has 0 spiro atoms. The summed E-state index contributed by atoms with van der Waals surface area (Å²) in [7, 11) is 0. The van der Waals surface area contributed by atoms with Gasteiger partial charge in [0.15, 0.2) is 0 Å². The summed E-state index contributed by atoms with van der Waals surface area (Å²) in [5.74, 6) is -0.183. The third-order valence-electron chi connectivity index (χ3n) is 3.07. The number of nitrogens with one attached hydrogen (secondary N) is 1. The molecule has 1 amide bonds. The zero-order valence-electron chi connectivity index (χ0n) is 11.7. The van der Waals surface area contributed by atoms with Crippen molar-refractivity contribution in [3.05, 3.63) is 27.7 Å². The van der Waals surface area contributed by atoms with Gasteiger partial charge in [-0.2, -0.15) is 0 Å². The topological polar surface area (TPSA) is 55.1 Å². The molecule has 0 aliphatic rings. The molecule has 0 aliphatic heterocycles. The number of hydrogen-bond donors (Lipinski definition) is 2. The Kier molecular flexibility index (Phi) is 5.25. The predicted molar refractivity (Wildman–Crippen MR) is 81.9 cm³/mol. The zero-order valence-corrected chi connectivity index (χ0v) is 13.2. The lowest BCUT2D eigenvalue weighted by Crippen LogP contribution is -2.38. The number of halogens is 2. The zero-order chi connectivity index (χ0) is 14.8. The molecule has 0 bridgehead atoms. The molecule has 0 heterocycles. The molecule has 1 aromatic carbocycles. The van der Waals surface area contributed by atoms with Crippen LogP contribution in [0.1, 0.15) is 32.8 Å². The Morgan fingerprint density at radius 2 is 1.95 bits per heavy atom. The van der Waals surface area contributed by atoms with Crippen LogP contribution in [0.25, 0.3) is 0 Å². The minimum atomic E-state index is -0.227. The molecule has 1 unspecified atom stereocenters. The molecular weight excluding hydrogens is 283 g/mol. The fourth-order valence-corrected chi connectivity index (χ4v) is 1.93. The van der Waals surface area contributed by atoms with Gasteiger partial charge in [-0.1, -0.05) is 50.0 Å². The molecule has 1 rings (SSSR count). The molecule has 1 atom stereocenters. The second kappa shape index (κ2) is 6.12. The number of amides is 1. The third kappa shape index (κ3) is 4.37. The fourth-order valence-electron chi connectivity index (χ4n) is 1.47. The Balaban J connectivity index is 2.81. The Morgan fingerprint density at radius 1 is 1.37 bits per heavy atom. The van der Waals surface area contributed by atoms with E-state index in [2.05, 4.69) is 5.32 Å². The highest BCUT2D eigenvalue weighted by atomic mass is 35.5. The van der Waals surface area contributed by atoms with Crippen molar-refractivity contribution in [1.29, 1.82) is 0 Å². The molecule has 3 nitrogen and oxygen atoms in total. The third-order valence-corrected chi connectivity index (χ3v) is 3.87. The molecule has 0 fully saturated rings. The molecule has 1 aromatic rings. The summed E-state index contributed by atoms with van der Waals surface area (Å²) in [6.45, 7) is 7.85. The molecule has 0 radical (unpaired) electrons. The lowest BCUT2D eigenvalue weighted by molar-refractivity contribution is -0.117. The van der Waals surface area contributed by atoms with Gasteiger partial charge in [-0.25, -0.2) is 0 Å². The maximum atomic E-state index is 12.0. The van der Waals surface area contributed by atoms with E-state index in [1.54, 1.807) is 12.1 Å². The molecule has 3 N–H and O–H groups in total. The number of hydrogen-bond acceptors (Lipinski definition) is 2. The summed E-state index contributed by atoms with van der Waals surface area (Å²) in [4.78, 5) is 12.0. The maximum Gasteiger partial charge on any atom is 0.226 e. The van der Waals surface area contributed by atoms with Gasteiger partial charge in [0.25, 0.3) is 0 Å². The summed E-state index contributed by atoms with van der Waals surface area (Å²) in [6, 6.07) is 3.29. The quantitative estimate of drug-likeness (QED) is 0.886. The van der Waals surface area contributed by atoms with Crippen molar-refractivity contribution in [3.63, 3.8) is 0 Å². The van der Waals surface area contributed by atoms with Crippen LogP contribution in [0.15, 0.2) is 12.1 Å². The number of rotatable bonds is 3. The van der Waals surface area contributed by atoms with Gasteiger partial charge in [0, 0.05) is 12.5 Å². The number of anilines is 1. The van der Waals surface area contributed by atoms with Gasteiger partial charge in [0.2, 0.25) is 5.91 Å². The average Bonchev–Trinajstić information content (AvgIpc) is 2.28. The average molecular weight is 303 g/mol. The lowest BCUT2D eigenvalue weighted by atomic mass is 9.85. The molecule has 0 aliphatic carbocycles. The molecule has 106 valence electrons. The molecule has 0 saturated carbocycles. The minimum Gasteiger partial charge on any atom is -0.327 e. The largest absolute Gasteiger partial charge is 0.327 e. The standard InChI is InChI=1S/C14H20Cl2N2O/c1-8-5-6-9(15)13(12(8)16)18-11(19)7-10(17)14(2,3)4/h5-6,10H,7,17H2,1-4H3,(H,18,19). The molecular formula is C14H20Cl2N2O. The number of carbonyl (C=O) groups excluding carboxylic acids is 1. The van der Waals surface area contributed by atoms with Crippen LogP contribution in [0.5, 0.6) is 0 Å². The first-order valence-corrected chi connectivity index (χ1v) is 6.88.